The molecule has 1 aromatic rings. The van der Waals surface area contributed by atoms with Gasteiger partial charge >= 0.3 is 0 Å². The second-order valence-electron chi connectivity index (χ2n) is 2.91. The summed E-state index contributed by atoms with van der Waals surface area (Å²) < 4.78 is 0. The molecule has 0 aromatic carbocycles. The van der Waals surface area contributed by atoms with E-state index in [1.807, 2.05) is 6.07 Å². The summed E-state index contributed by atoms with van der Waals surface area (Å²) in [6.45, 7) is 0. The van der Waals surface area contributed by atoms with Gasteiger partial charge in [-0.15, -0.1) is 0 Å². The van der Waals surface area contributed by atoms with Crippen LogP contribution >= 0.6 is 0 Å². The molecule has 1 rings (SSSR count). The van der Waals surface area contributed by atoms with Gasteiger partial charge in [-0.1, -0.05) is 6.07 Å². The lowest BCUT2D eigenvalue weighted by atomic mass is 9.98. The minimum atomic E-state index is -0.448. The SMILES string of the molecule is N#CCCC(C(N)=O)c1ccccn1. The van der Waals surface area contributed by atoms with Crippen LogP contribution in [-0.2, 0) is 4.79 Å². The minimum absolute atomic E-state index is 0.310. The van der Waals surface area contributed by atoms with Crippen molar-refractivity contribution in [2.24, 2.45) is 5.73 Å². The van der Waals surface area contributed by atoms with Gasteiger partial charge in [-0.25, -0.2) is 0 Å². The molecular formula is C10H11N3O. The maximum absolute atomic E-state index is 11.1. The van der Waals surface area contributed by atoms with Crippen LogP contribution in [0.4, 0.5) is 0 Å². The van der Waals surface area contributed by atoms with Crippen LogP contribution in [0.5, 0.6) is 0 Å². The Balaban J connectivity index is 2.79. The van der Waals surface area contributed by atoms with Gasteiger partial charge in [0.15, 0.2) is 0 Å². The zero-order chi connectivity index (χ0) is 10.4. The van der Waals surface area contributed by atoms with Crippen molar-refractivity contribution in [1.82, 2.24) is 4.98 Å². The van der Waals surface area contributed by atoms with Gasteiger partial charge in [0.2, 0.25) is 5.91 Å². The van der Waals surface area contributed by atoms with Crippen molar-refractivity contribution in [3.05, 3.63) is 30.1 Å². The van der Waals surface area contributed by atoms with Crippen molar-refractivity contribution >= 4 is 5.91 Å². The molecule has 0 spiro atoms. The van der Waals surface area contributed by atoms with E-state index in [1.165, 1.54) is 0 Å². The van der Waals surface area contributed by atoms with Crippen LogP contribution in [0.3, 0.4) is 0 Å². The number of primary amides is 1. The summed E-state index contributed by atoms with van der Waals surface area (Å²) in [6.07, 6.45) is 2.35. The molecule has 14 heavy (non-hydrogen) atoms. The fourth-order valence-corrected chi connectivity index (χ4v) is 1.23. The monoisotopic (exact) mass is 189 g/mol. The van der Waals surface area contributed by atoms with Crippen molar-refractivity contribution in [3.8, 4) is 6.07 Å². The predicted octanol–water partition coefficient (Wildman–Crippen LogP) is 0.954. The van der Waals surface area contributed by atoms with E-state index in [9.17, 15) is 4.79 Å². The number of carbonyl (C=O) groups is 1. The van der Waals surface area contributed by atoms with Crippen molar-refractivity contribution in [2.75, 3.05) is 0 Å². The number of nitriles is 1. The fourth-order valence-electron chi connectivity index (χ4n) is 1.23. The molecule has 1 aromatic heterocycles. The third-order valence-corrected chi connectivity index (χ3v) is 1.93. The van der Waals surface area contributed by atoms with Crippen molar-refractivity contribution in [1.29, 1.82) is 5.26 Å². The molecule has 0 fully saturated rings. The first kappa shape index (κ1) is 10.2. The van der Waals surface area contributed by atoms with E-state index >= 15 is 0 Å². The number of hydrogen-bond donors (Lipinski definition) is 1. The van der Waals surface area contributed by atoms with Crippen molar-refractivity contribution in [3.63, 3.8) is 0 Å². The molecule has 1 atom stereocenters. The van der Waals surface area contributed by atoms with Crippen LogP contribution in [-0.4, -0.2) is 10.9 Å². The summed E-state index contributed by atoms with van der Waals surface area (Å²) in [5, 5.41) is 8.42. The fraction of sp³-hybridized carbons (Fsp3) is 0.300. The third kappa shape index (κ3) is 2.56. The van der Waals surface area contributed by atoms with Gasteiger partial charge in [-0.05, 0) is 18.6 Å². The zero-order valence-corrected chi connectivity index (χ0v) is 7.68. The standard InChI is InChI=1S/C10H11N3O/c11-6-3-4-8(10(12)14)9-5-1-2-7-13-9/h1-2,5,7-8H,3-4H2,(H2,12,14). The topological polar surface area (TPSA) is 79.8 Å². The second kappa shape index (κ2) is 4.97. The van der Waals surface area contributed by atoms with Crippen molar-refractivity contribution < 1.29 is 4.79 Å². The summed E-state index contributed by atoms with van der Waals surface area (Å²) >= 11 is 0. The van der Waals surface area contributed by atoms with Crippen LogP contribution < -0.4 is 5.73 Å². The molecule has 1 amide bonds. The van der Waals surface area contributed by atoms with Gasteiger partial charge in [0.1, 0.15) is 0 Å². The highest BCUT2D eigenvalue weighted by Gasteiger charge is 2.17. The normalized spacial score (nSPS) is 11.6. The number of carbonyl (C=O) groups excluding carboxylic acids is 1. The zero-order valence-electron chi connectivity index (χ0n) is 7.68. The molecule has 0 bridgehead atoms. The molecule has 72 valence electrons. The van der Waals surface area contributed by atoms with E-state index in [0.717, 1.165) is 0 Å². The molecular weight excluding hydrogens is 178 g/mol. The van der Waals surface area contributed by atoms with Crippen LogP contribution in [0, 0.1) is 11.3 Å². The molecule has 0 saturated heterocycles. The van der Waals surface area contributed by atoms with Crippen LogP contribution in [0.15, 0.2) is 24.4 Å². The molecule has 0 aliphatic carbocycles. The molecule has 2 N–H and O–H groups in total. The number of hydrogen-bond acceptors (Lipinski definition) is 3. The highest BCUT2D eigenvalue weighted by Crippen LogP contribution is 2.17. The van der Waals surface area contributed by atoms with E-state index in [4.69, 9.17) is 11.0 Å². The first-order valence-electron chi connectivity index (χ1n) is 4.33. The van der Waals surface area contributed by atoms with Crippen LogP contribution in [0.1, 0.15) is 24.5 Å². The number of rotatable bonds is 4. The average molecular weight is 189 g/mol. The lowest BCUT2D eigenvalue weighted by Gasteiger charge is -2.09. The number of nitrogens with zero attached hydrogens (tertiary/aromatic N) is 2. The number of pyridine rings is 1. The summed E-state index contributed by atoms with van der Waals surface area (Å²) in [5.74, 6) is -0.880. The molecule has 1 heterocycles. The highest BCUT2D eigenvalue weighted by atomic mass is 16.1. The van der Waals surface area contributed by atoms with Gasteiger partial charge < -0.3 is 5.73 Å². The minimum Gasteiger partial charge on any atom is -0.369 e. The maximum Gasteiger partial charge on any atom is 0.226 e. The van der Waals surface area contributed by atoms with Crippen LogP contribution in [0.25, 0.3) is 0 Å². The average Bonchev–Trinajstić information content (AvgIpc) is 2.19. The summed E-state index contributed by atoms with van der Waals surface area (Å²) in [4.78, 5) is 15.1. The smallest absolute Gasteiger partial charge is 0.226 e. The van der Waals surface area contributed by atoms with Gasteiger partial charge in [0, 0.05) is 12.6 Å². The van der Waals surface area contributed by atoms with E-state index in [0.29, 0.717) is 18.5 Å². The van der Waals surface area contributed by atoms with E-state index in [1.54, 1.807) is 24.4 Å². The first-order chi connectivity index (χ1) is 6.75. The Bertz CT molecular complexity index is 342. The van der Waals surface area contributed by atoms with Crippen molar-refractivity contribution in [2.45, 2.75) is 18.8 Å². The molecule has 1 unspecified atom stereocenters. The van der Waals surface area contributed by atoms with Crippen LogP contribution in [0.2, 0.25) is 0 Å². The van der Waals surface area contributed by atoms with Gasteiger partial charge in [-0.3, -0.25) is 9.78 Å². The van der Waals surface area contributed by atoms with Gasteiger partial charge in [0.05, 0.1) is 17.7 Å². The Kier molecular flexibility index (Phi) is 3.62. The molecule has 4 nitrogen and oxygen atoms in total. The molecule has 0 radical (unpaired) electrons. The second-order valence-corrected chi connectivity index (χ2v) is 2.91. The van der Waals surface area contributed by atoms with E-state index in [-0.39, 0.29) is 0 Å². The predicted molar refractivity (Wildman–Crippen MR) is 51.0 cm³/mol. The van der Waals surface area contributed by atoms with Gasteiger partial charge in [0.25, 0.3) is 0 Å². The van der Waals surface area contributed by atoms with Gasteiger partial charge in [-0.2, -0.15) is 5.26 Å². The summed E-state index contributed by atoms with van der Waals surface area (Å²) in [5.41, 5.74) is 5.86. The molecule has 4 heteroatoms. The first-order valence-corrected chi connectivity index (χ1v) is 4.33. The maximum atomic E-state index is 11.1. The number of nitrogens with two attached hydrogens (primary N) is 1. The lowest BCUT2D eigenvalue weighted by Crippen LogP contribution is -2.22. The van der Waals surface area contributed by atoms with E-state index in [2.05, 4.69) is 4.98 Å². The highest BCUT2D eigenvalue weighted by molar-refractivity contribution is 5.81. The Morgan fingerprint density at radius 1 is 1.64 bits per heavy atom. The van der Waals surface area contributed by atoms with E-state index < -0.39 is 11.8 Å². The number of aromatic nitrogens is 1. The summed E-state index contributed by atoms with van der Waals surface area (Å²) in [6, 6.07) is 7.30. The molecule has 0 saturated carbocycles. The largest absolute Gasteiger partial charge is 0.369 e. The Hall–Kier alpha value is -1.89. The molecule has 0 aliphatic rings. The lowest BCUT2D eigenvalue weighted by molar-refractivity contribution is -0.119. The Morgan fingerprint density at radius 2 is 2.43 bits per heavy atom. The molecule has 0 aliphatic heterocycles. The Labute approximate surface area is 82.4 Å². The third-order valence-electron chi connectivity index (χ3n) is 1.93. The quantitative estimate of drug-likeness (QED) is 0.765. The number of amides is 1. The summed E-state index contributed by atoms with van der Waals surface area (Å²) in [7, 11) is 0. The Morgan fingerprint density at radius 3 is 2.93 bits per heavy atom.